The predicted octanol–water partition coefficient (Wildman–Crippen LogP) is 8.28. The van der Waals surface area contributed by atoms with Crippen molar-refractivity contribution in [1.82, 2.24) is 16.0 Å². The zero-order valence-electron chi connectivity index (χ0n) is 47.4. The smallest absolute Gasteiger partial charge is 0.407 e. The number of carbonyl (C=O) groups is 3. The van der Waals surface area contributed by atoms with Crippen LogP contribution in [0.15, 0.2) is 73.3 Å². The molecule has 18 nitrogen and oxygen atoms in total. The van der Waals surface area contributed by atoms with Crippen molar-refractivity contribution in [3.05, 3.63) is 84.4 Å². The van der Waals surface area contributed by atoms with Crippen molar-refractivity contribution in [2.24, 2.45) is 23.7 Å². The quantitative estimate of drug-likeness (QED) is 0.0493. The number of hydrogen-bond donors (Lipinski definition) is 5. The molecule has 3 saturated heterocycles. The second-order valence-electron chi connectivity index (χ2n) is 23.1. The molecular weight excluding hydrogens is 1010 g/mol. The van der Waals surface area contributed by atoms with E-state index < -0.39 is 106 Å². The third-order valence-corrected chi connectivity index (χ3v) is 21.0. The molecule has 4 aliphatic rings. The fourth-order valence-corrected chi connectivity index (χ4v) is 11.2. The van der Waals surface area contributed by atoms with Gasteiger partial charge >= 0.3 is 12.2 Å². The van der Waals surface area contributed by atoms with Gasteiger partial charge in [-0.2, -0.15) is 0 Å². The fourth-order valence-electron chi connectivity index (χ4n) is 10.1. The van der Waals surface area contributed by atoms with Gasteiger partial charge in [0, 0.05) is 18.4 Å². The van der Waals surface area contributed by atoms with Crippen LogP contribution in [0.4, 0.5) is 9.59 Å². The highest BCUT2D eigenvalue weighted by atomic mass is 28.4. The standard InChI is InChI=1S/C58H91N3O15Si/c1-13-22-44(62)52(64)60-42-30-43(61-57(66)69-33-40-25-20-17-21-26-40)48(74-53-35(4)27-28-41(71-53)34-70-77(11,12)58(8,9)10)50(47(42)63)76-55-51(67-29-14-2)49(45(15-3)72-55)75-54-38(7)36(5)37(6)46(73-54)31-59-56(65)68-32-39-23-18-16-19-24-39/h14,16-21,23-26,35-38,41-51,53-55,62-63H,2,13,15,22,27-34H2,1,3-12H3,(H,59,65)(H,60,64)(H,61,66)/t35-,36+,37+,38-,41+,42-,43+,44+,45-,46+,47+,48-,49-,50-,51-,53-,54-,55+/m1/s1. The van der Waals surface area contributed by atoms with Crippen molar-refractivity contribution in [2.75, 3.05) is 19.8 Å². The van der Waals surface area contributed by atoms with Gasteiger partial charge in [0.2, 0.25) is 5.91 Å². The lowest BCUT2D eigenvalue weighted by atomic mass is 9.79. The molecule has 3 amide bonds. The van der Waals surface area contributed by atoms with Gasteiger partial charge in [0.15, 0.2) is 27.2 Å². The Kier molecular flexibility index (Phi) is 23.4. The van der Waals surface area contributed by atoms with Crippen LogP contribution in [0, 0.1) is 23.7 Å². The molecule has 0 spiro atoms. The molecule has 1 aliphatic carbocycles. The molecule has 6 rings (SSSR count). The summed E-state index contributed by atoms with van der Waals surface area (Å²) in [5.74, 6) is -0.762. The summed E-state index contributed by atoms with van der Waals surface area (Å²) in [4.78, 5) is 40.4. The van der Waals surface area contributed by atoms with E-state index in [1.165, 1.54) is 0 Å². The molecule has 77 heavy (non-hydrogen) atoms. The van der Waals surface area contributed by atoms with Gasteiger partial charge in [-0.1, -0.05) is 135 Å². The number of alkyl carbamates (subject to hydrolysis) is 2. The van der Waals surface area contributed by atoms with Gasteiger partial charge in [0.05, 0.1) is 43.6 Å². The summed E-state index contributed by atoms with van der Waals surface area (Å²) in [6.45, 7) is 27.8. The number of aliphatic hydroxyl groups excluding tert-OH is 2. The zero-order chi connectivity index (χ0) is 56.0. The van der Waals surface area contributed by atoms with Crippen LogP contribution in [0.1, 0.15) is 112 Å². The van der Waals surface area contributed by atoms with Gasteiger partial charge < -0.3 is 73.2 Å². The molecule has 0 radical (unpaired) electrons. The van der Waals surface area contributed by atoms with E-state index in [-0.39, 0.29) is 74.0 Å². The van der Waals surface area contributed by atoms with Gasteiger partial charge in [-0.3, -0.25) is 4.79 Å². The van der Waals surface area contributed by atoms with Gasteiger partial charge in [0.25, 0.3) is 0 Å². The average Bonchev–Trinajstić information content (AvgIpc) is 3.75. The molecule has 0 aromatic heterocycles. The van der Waals surface area contributed by atoms with Crippen molar-refractivity contribution in [1.29, 1.82) is 0 Å². The van der Waals surface area contributed by atoms with Crippen molar-refractivity contribution in [2.45, 2.75) is 218 Å². The van der Waals surface area contributed by atoms with E-state index in [2.05, 4.69) is 77.2 Å². The van der Waals surface area contributed by atoms with Crippen molar-refractivity contribution < 1.29 is 71.7 Å². The number of aliphatic hydroxyl groups is 2. The third kappa shape index (κ3) is 17.0. The minimum atomic E-state index is -2.15. The molecule has 432 valence electrons. The summed E-state index contributed by atoms with van der Waals surface area (Å²) in [7, 11) is -2.15. The van der Waals surface area contributed by atoms with E-state index in [4.69, 9.17) is 47.1 Å². The number of nitrogens with one attached hydrogen (secondary N) is 3. The summed E-state index contributed by atoms with van der Waals surface area (Å²) in [5.41, 5.74) is 1.64. The zero-order valence-corrected chi connectivity index (χ0v) is 48.4. The van der Waals surface area contributed by atoms with Crippen molar-refractivity contribution in [3.63, 3.8) is 0 Å². The van der Waals surface area contributed by atoms with Gasteiger partial charge in [-0.25, -0.2) is 9.59 Å². The molecule has 18 atom stereocenters. The fraction of sp³-hybridized carbons (Fsp3) is 0.707. The normalized spacial score (nSPS) is 33.1. The highest BCUT2D eigenvalue weighted by Gasteiger charge is 2.55. The lowest BCUT2D eigenvalue weighted by molar-refractivity contribution is -0.300. The number of ether oxygens (including phenoxy) is 9. The van der Waals surface area contributed by atoms with Crippen LogP contribution >= 0.6 is 0 Å². The summed E-state index contributed by atoms with van der Waals surface area (Å²) >= 11 is 0. The third-order valence-electron chi connectivity index (χ3n) is 16.5. The van der Waals surface area contributed by atoms with E-state index in [0.29, 0.717) is 19.4 Å². The van der Waals surface area contributed by atoms with Crippen LogP contribution in [-0.2, 0) is 65.1 Å². The number of hydrogen-bond acceptors (Lipinski definition) is 15. The predicted molar refractivity (Wildman–Crippen MR) is 292 cm³/mol. The first-order chi connectivity index (χ1) is 36.6. The number of benzene rings is 2. The Hall–Kier alpha value is -3.99. The van der Waals surface area contributed by atoms with Gasteiger partial charge in [-0.05, 0) is 73.2 Å². The summed E-state index contributed by atoms with van der Waals surface area (Å²) in [6, 6.07) is 16.7. The van der Waals surface area contributed by atoms with Gasteiger partial charge in [-0.15, -0.1) is 6.58 Å². The Morgan fingerprint density at radius 1 is 0.753 bits per heavy atom. The Morgan fingerprint density at radius 3 is 1.97 bits per heavy atom. The van der Waals surface area contributed by atoms with Crippen LogP contribution in [0.3, 0.4) is 0 Å². The molecule has 4 fully saturated rings. The highest BCUT2D eigenvalue weighted by Crippen LogP contribution is 2.42. The van der Waals surface area contributed by atoms with E-state index in [1.54, 1.807) is 6.08 Å². The molecule has 5 N–H and O–H groups in total. The van der Waals surface area contributed by atoms with E-state index in [0.717, 1.165) is 24.0 Å². The highest BCUT2D eigenvalue weighted by molar-refractivity contribution is 6.74. The largest absolute Gasteiger partial charge is 0.445 e. The van der Waals surface area contributed by atoms with E-state index in [1.807, 2.05) is 81.4 Å². The first kappa shape index (κ1) is 62.2. The second kappa shape index (κ2) is 28.9. The number of rotatable bonds is 24. The summed E-state index contributed by atoms with van der Waals surface area (Å²) in [5, 5.41) is 32.2. The monoisotopic (exact) mass is 1100 g/mol. The Balaban J connectivity index is 1.29. The molecule has 2 aromatic rings. The molecule has 2 aromatic carbocycles. The van der Waals surface area contributed by atoms with Crippen LogP contribution in [0.5, 0.6) is 0 Å². The minimum Gasteiger partial charge on any atom is -0.445 e. The van der Waals surface area contributed by atoms with Crippen LogP contribution in [-0.4, -0.2) is 142 Å². The summed E-state index contributed by atoms with van der Waals surface area (Å²) < 4.78 is 65.6. The molecule has 3 aliphatic heterocycles. The van der Waals surface area contributed by atoms with Gasteiger partial charge in [0.1, 0.15) is 49.8 Å². The SMILES string of the molecule is C=CCO[C@H]1[C@H](O[C@@H]2[C@@H](O)[C@H](NC(=O)[C@@H](O)CCC)C[C@H](NC(=O)OCc3ccccc3)[C@H]2O[C@H]2O[C@H](CO[Si](C)(C)C(C)(C)C)CC[C@H]2C)O[C@H](CC)[C@H]1O[C@H]1O[C@@H](CNC(=O)OCc2ccccc2)[C@@H](C)[C@H](C)[C@H]1C. The first-order valence-electron chi connectivity index (χ1n) is 28.0. The second-order valence-corrected chi connectivity index (χ2v) is 27.9. The molecule has 3 heterocycles. The molecular formula is C58H91N3O15Si. The van der Waals surface area contributed by atoms with Crippen molar-refractivity contribution in [3.8, 4) is 0 Å². The Labute approximate surface area is 458 Å². The average molecular weight is 1100 g/mol. The minimum absolute atomic E-state index is 0.0184. The van der Waals surface area contributed by atoms with Crippen LogP contribution in [0.25, 0.3) is 0 Å². The molecule has 0 unspecified atom stereocenters. The lowest BCUT2D eigenvalue weighted by Crippen LogP contribution is -2.68. The van der Waals surface area contributed by atoms with Crippen LogP contribution in [0.2, 0.25) is 18.1 Å². The Bertz CT molecular complexity index is 2140. The molecule has 1 saturated carbocycles. The maximum atomic E-state index is 13.9. The number of carbonyl (C=O) groups excluding carboxylic acids is 3. The number of amides is 3. The van der Waals surface area contributed by atoms with E-state index >= 15 is 0 Å². The summed E-state index contributed by atoms with van der Waals surface area (Å²) in [6.07, 6.45) is -8.16. The molecule has 0 bridgehead atoms. The van der Waals surface area contributed by atoms with Crippen molar-refractivity contribution >= 4 is 26.4 Å². The topological polar surface area (TPSA) is 220 Å². The first-order valence-corrected chi connectivity index (χ1v) is 30.9. The van der Waals surface area contributed by atoms with Crippen LogP contribution < -0.4 is 16.0 Å². The van der Waals surface area contributed by atoms with E-state index in [9.17, 15) is 24.6 Å². The molecule has 19 heteroatoms. The Morgan fingerprint density at radius 2 is 1.36 bits per heavy atom. The maximum absolute atomic E-state index is 13.9. The maximum Gasteiger partial charge on any atom is 0.407 e. The lowest BCUT2D eigenvalue weighted by Gasteiger charge is -2.48.